The molecule has 1 N–H and O–H groups in total. The minimum Gasteiger partial charge on any atom is -0.368 e. The van der Waals surface area contributed by atoms with Gasteiger partial charge >= 0.3 is 0 Å². The van der Waals surface area contributed by atoms with Crippen LogP contribution in [0.3, 0.4) is 0 Å². The maximum Gasteiger partial charge on any atom is 0.277 e. The first-order valence-electron chi connectivity index (χ1n) is 9.94. The van der Waals surface area contributed by atoms with E-state index in [1.54, 1.807) is 35.4 Å². The number of aromatic nitrogens is 4. The number of hydrogen-bond donors (Lipinski definition) is 1. The molecule has 1 amide bonds. The number of amides is 1. The monoisotopic (exact) mass is 434 g/mol. The van der Waals surface area contributed by atoms with Gasteiger partial charge in [0.05, 0.1) is 11.9 Å². The number of rotatable bonds is 3. The van der Waals surface area contributed by atoms with Gasteiger partial charge in [0.15, 0.2) is 11.2 Å². The van der Waals surface area contributed by atoms with Gasteiger partial charge in [-0.1, -0.05) is 47.1 Å². The van der Waals surface area contributed by atoms with Gasteiger partial charge in [-0.2, -0.15) is 0 Å². The van der Waals surface area contributed by atoms with Crippen molar-refractivity contribution in [2.24, 2.45) is 0 Å². The molecule has 8 nitrogen and oxygen atoms in total. The smallest absolute Gasteiger partial charge is 0.277 e. The molecular weight excluding hydrogens is 416 g/mol. The molecule has 2 aromatic carbocycles. The van der Waals surface area contributed by atoms with E-state index in [-0.39, 0.29) is 17.1 Å². The highest BCUT2D eigenvalue weighted by Gasteiger charge is 2.27. The van der Waals surface area contributed by atoms with Crippen molar-refractivity contribution in [3.05, 3.63) is 81.9 Å². The summed E-state index contributed by atoms with van der Waals surface area (Å²) in [5.74, 6) is -0.285. The normalized spacial score (nSPS) is 14.2. The van der Waals surface area contributed by atoms with Crippen molar-refractivity contribution >= 4 is 28.7 Å². The molecule has 5 rings (SSSR count). The fraction of sp³-hybridized carbons (Fsp3) is 0.182. The van der Waals surface area contributed by atoms with Gasteiger partial charge in [-0.3, -0.25) is 9.59 Å². The van der Waals surface area contributed by atoms with Crippen molar-refractivity contribution in [2.45, 2.75) is 0 Å². The van der Waals surface area contributed by atoms with Crippen LogP contribution in [0, 0.1) is 0 Å². The van der Waals surface area contributed by atoms with Crippen molar-refractivity contribution < 1.29 is 4.79 Å². The SMILES string of the molecule is O=C(c1nnn2cc(-c3ccc(Cl)cc3)[nH]c(=O)c12)N1CCN(c2ccccc2)CC1. The number of nitrogens with one attached hydrogen (secondary N) is 1. The molecule has 0 atom stereocenters. The number of aromatic amines is 1. The minimum absolute atomic E-state index is 0.0667. The molecule has 1 aliphatic rings. The second-order valence-electron chi connectivity index (χ2n) is 7.35. The number of carbonyl (C=O) groups excluding carboxylic acids is 1. The number of para-hydroxylation sites is 1. The first-order valence-corrected chi connectivity index (χ1v) is 10.3. The average Bonchev–Trinajstić information content (AvgIpc) is 3.24. The Balaban J connectivity index is 1.39. The van der Waals surface area contributed by atoms with Gasteiger partial charge in [0.2, 0.25) is 0 Å². The van der Waals surface area contributed by atoms with E-state index in [1.165, 1.54) is 4.52 Å². The van der Waals surface area contributed by atoms with Crippen LogP contribution in [0.2, 0.25) is 5.02 Å². The molecule has 3 heterocycles. The molecule has 0 bridgehead atoms. The molecule has 0 spiro atoms. The number of fused-ring (bicyclic) bond motifs is 1. The third-order valence-electron chi connectivity index (χ3n) is 5.46. The second kappa shape index (κ2) is 7.88. The zero-order valence-electron chi connectivity index (χ0n) is 16.5. The zero-order chi connectivity index (χ0) is 21.4. The third-order valence-corrected chi connectivity index (χ3v) is 5.71. The standard InChI is InChI=1S/C22H19ClN6O2/c23-16-8-6-15(7-9-16)18-14-29-20(21(30)24-18)19(25-26-29)22(31)28-12-10-27(11-13-28)17-4-2-1-3-5-17/h1-9,14H,10-13H2,(H,24,30). The fourth-order valence-corrected chi connectivity index (χ4v) is 3.93. The highest BCUT2D eigenvalue weighted by molar-refractivity contribution is 6.30. The average molecular weight is 435 g/mol. The Kier molecular flexibility index (Phi) is 4.91. The molecule has 9 heteroatoms. The molecule has 1 saturated heterocycles. The topological polar surface area (TPSA) is 86.6 Å². The summed E-state index contributed by atoms with van der Waals surface area (Å²) >= 11 is 5.94. The maximum absolute atomic E-state index is 13.1. The Morgan fingerprint density at radius 1 is 0.968 bits per heavy atom. The quantitative estimate of drug-likeness (QED) is 0.535. The van der Waals surface area contributed by atoms with E-state index in [0.29, 0.717) is 36.9 Å². The lowest BCUT2D eigenvalue weighted by Crippen LogP contribution is -2.49. The summed E-state index contributed by atoms with van der Waals surface area (Å²) in [5, 5.41) is 8.65. The molecule has 0 saturated carbocycles. The van der Waals surface area contributed by atoms with E-state index in [4.69, 9.17) is 11.6 Å². The number of benzene rings is 2. The summed E-state index contributed by atoms with van der Waals surface area (Å²) in [6.45, 7) is 2.53. The number of H-pyrrole nitrogens is 1. The number of piperazine rings is 1. The van der Waals surface area contributed by atoms with Crippen LogP contribution in [0.5, 0.6) is 0 Å². The fourth-order valence-electron chi connectivity index (χ4n) is 3.81. The predicted molar refractivity (Wildman–Crippen MR) is 119 cm³/mol. The van der Waals surface area contributed by atoms with E-state index in [0.717, 1.165) is 11.3 Å². The van der Waals surface area contributed by atoms with Crippen LogP contribution in [0.1, 0.15) is 10.5 Å². The summed E-state index contributed by atoms with van der Waals surface area (Å²) in [5.41, 5.74) is 2.28. The highest BCUT2D eigenvalue weighted by Crippen LogP contribution is 2.20. The van der Waals surface area contributed by atoms with Gasteiger partial charge < -0.3 is 14.8 Å². The molecule has 0 aliphatic carbocycles. The van der Waals surface area contributed by atoms with Crippen LogP contribution in [0.4, 0.5) is 5.69 Å². The van der Waals surface area contributed by atoms with Crippen LogP contribution >= 0.6 is 11.6 Å². The van der Waals surface area contributed by atoms with E-state index >= 15 is 0 Å². The summed E-state index contributed by atoms with van der Waals surface area (Å²) < 4.78 is 1.36. The van der Waals surface area contributed by atoms with Crippen molar-refractivity contribution in [2.75, 3.05) is 31.1 Å². The number of anilines is 1. The molecule has 1 aliphatic heterocycles. The highest BCUT2D eigenvalue weighted by atomic mass is 35.5. The molecule has 31 heavy (non-hydrogen) atoms. The van der Waals surface area contributed by atoms with E-state index < -0.39 is 5.56 Å². The van der Waals surface area contributed by atoms with Crippen LogP contribution in [0.25, 0.3) is 16.8 Å². The van der Waals surface area contributed by atoms with Crippen molar-refractivity contribution in [3.8, 4) is 11.3 Å². The number of hydrogen-bond acceptors (Lipinski definition) is 5. The van der Waals surface area contributed by atoms with Crippen LogP contribution in [-0.2, 0) is 0 Å². The van der Waals surface area contributed by atoms with Gasteiger partial charge in [-0.25, -0.2) is 4.52 Å². The third kappa shape index (κ3) is 3.66. The summed E-state index contributed by atoms with van der Waals surface area (Å²) in [7, 11) is 0. The lowest BCUT2D eigenvalue weighted by Gasteiger charge is -2.35. The number of halogens is 1. The number of carbonyl (C=O) groups is 1. The lowest BCUT2D eigenvalue weighted by molar-refractivity contribution is 0.0742. The predicted octanol–water partition coefficient (Wildman–Crippen LogP) is 2.70. The molecule has 0 radical (unpaired) electrons. The minimum atomic E-state index is -0.413. The lowest BCUT2D eigenvalue weighted by atomic mass is 10.1. The number of nitrogens with zero attached hydrogens (tertiary/aromatic N) is 5. The zero-order valence-corrected chi connectivity index (χ0v) is 17.3. The molecule has 156 valence electrons. The summed E-state index contributed by atoms with van der Waals surface area (Å²) in [4.78, 5) is 32.6. The second-order valence-corrected chi connectivity index (χ2v) is 7.79. The summed E-state index contributed by atoms with van der Waals surface area (Å²) in [6.07, 6.45) is 1.65. The van der Waals surface area contributed by atoms with Gasteiger partial charge in [0.25, 0.3) is 11.5 Å². The molecule has 2 aromatic heterocycles. The van der Waals surface area contributed by atoms with Crippen LogP contribution in [0.15, 0.2) is 65.6 Å². The maximum atomic E-state index is 13.1. The van der Waals surface area contributed by atoms with Crippen LogP contribution in [-0.4, -0.2) is 56.8 Å². The largest absolute Gasteiger partial charge is 0.368 e. The van der Waals surface area contributed by atoms with Gasteiger partial charge in [-0.15, -0.1) is 5.10 Å². The molecule has 0 unspecified atom stereocenters. The Labute approximate surface area is 182 Å². The van der Waals surface area contributed by atoms with Crippen molar-refractivity contribution in [1.82, 2.24) is 24.7 Å². The Bertz CT molecular complexity index is 1290. The van der Waals surface area contributed by atoms with Crippen molar-refractivity contribution in [1.29, 1.82) is 0 Å². The van der Waals surface area contributed by atoms with Crippen LogP contribution < -0.4 is 10.5 Å². The van der Waals surface area contributed by atoms with E-state index in [1.807, 2.05) is 18.2 Å². The first kappa shape index (κ1) is 19.3. The summed E-state index contributed by atoms with van der Waals surface area (Å²) in [6, 6.07) is 17.2. The van der Waals surface area contributed by atoms with Gasteiger partial charge in [0, 0.05) is 36.9 Å². The van der Waals surface area contributed by atoms with Gasteiger partial charge in [0.1, 0.15) is 0 Å². The van der Waals surface area contributed by atoms with Gasteiger partial charge in [-0.05, 0) is 29.8 Å². The molecule has 4 aromatic rings. The van der Waals surface area contributed by atoms with Crippen molar-refractivity contribution in [3.63, 3.8) is 0 Å². The Morgan fingerprint density at radius 3 is 2.39 bits per heavy atom. The molecule has 1 fully saturated rings. The Hall–Kier alpha value is -3.65. The first-order chi connectivity index (χ1) is 15.1. The van der Waals surface area contributed by atoms with E-state index in [9.17, 15) is 9.59 Å². The Morgan fingerprint density at radius 2 is 1.68 bits per heavy atom. The van der Waals surface area contributed by atoms with E-state index in [2.05, 4.69) is 32.3 Å². The molecular formula is C22H19ClN6O2.